The number of rotatable bonds is 7. The smallest absolute Gasteiger partial charge is 0.327 e. The number of aryl methyl sites for hydroxylation is 1. The summed E-state index contributed by atoms with van der Waals surface area (Å²) in [7, 11) is 0. The number of carboxylic acids is 2. The van der Waals surface area contributed by atoms with E-state index in [1.807, 2.05) is 54.6 Å². The van der Waals surface area contributed by atoms with Crippen LogP contribution in [0.15, 0.2) is 54.6 Å². The van der Waals surface area contributed by atoms with Crippen LogP contribution in [0.3, 0.4) is 0 Å². The third kappa shape index (κ3) is 4.66. The molecule has 0 aromatic heterocycles. The standard InChI is InChI=1S/C24H26N2O5S/c27-22-19(25-18(23(28)29)11-10-15-6-2-1-3-7-15)12-16-8-4-5-9-17(16)20-13-32-14-21(24(30)31)26(20)22/h1-9,18-21,25H,10-14H2,(H,28,29)(H,30,31)/t18-,19-,20+,21-/m0/s1. The molecule has 0 aliphatic carbocycles. The van der Waals surface area contributed by atoms with Crippen molar-refractivity contribution in [1.29, 1.82) is 0 Å². The first-order chi connectivity index (χ1) is 15.5. The molecule has 0 unspecified atom stereocenters. The molecule has 168 valence electrons. The van der Waals surface area contributed by atoms with Crippen molar-refractivity contribution in [2.45, 2.75) is 43.4 Å². The van der Waals surface area contributed by atoms with Gasteiger partial charge in [-0.2, -0.15) is 11.8 Å². The first-order valence-electron chi connectivity index (χ1n) is 10.7. The summed E-state index contributed by atoms with van der Waals surface area (Å²) in [6.45, 7) is 0. The summed E-state index contributed by atoms with van der Waals surface area (Å²) in [6.07, 6.45) is 1.21. The van der Waals surface area contributed by atoms with Gasteiger partial charge in [0.25, 0.3) is 0 Å². The van der Waals surface area contributed by atoms with Crippen molar-refractivity contribution >= 4 is 29.6 Å². The largest absolute Gasteiger partial charge is 0.480 e. The maximum atomic E-state index is 13.6. The molecule has 2 aliphatic heterocycles. The van der Waals surface area contributed by atoms with E-state index in [0.717, 1.165) is 16.7 Å². The predicted molar refractivity (Wildman–Crippen MR) is 122 cm³/mol. The summed E-state index contributed by atoms with van der Waals surface area (Å²) in [4.78, 5) is 39.0. The number of hydrogen-bond acceptors (Lipinski definition) is 5. The molecule has 2 heterocycles. The molecule has 1 saturated heterocycles. The van der Waals surface area contributed by atoms with Gasteiger partial charge in [0, 0.05) is 11.5 Å². The van der Waals surface area contributed by atoms with Crippen LogP contribution in [0.2, 0.25) is 0 Å². The molecule has 0 bridgehead atoms. The van der Waals surface area contributed by atoms with E-state index in [4.69, 9.17) is 0 Å². The number of hydrogen-bond donors (Lipinski definition) is 3. The number of fused-ring (bicyclic) bond motifs is 3. The molecule has 2 aromatic rings. The third-order valence-electron chi connectivity index (χ3n) is 6.16. The SMILES string of the molecule is O=C(O)[C@H](CCc1ccccc1)N[C@H]1Cc2ccccc2[C@H]2CSC[C@@H](C(=O)O)N2C1=O. The van der Waals surface area contributed by atoms with Crippen LogP contribution in [-0.4, -0.2) is 62.6 Å². The van der Waals surface area contributed by atoms with Crippen LogP contribution in [0.1, 0.15) is 29.2 Å². The number of carboxylic acid groups (broad SMARTS) is 2. The van der Waals surface area contributed by atoms with Crippen LogP contribution in [0, 0.1) is 0 Å². The van der Waals surface area contributed by atoms with E-state index in [1.54, 1.807) is 0 Å². The first-order valence-corrected chi connectivity index (χ1v) is 11.8. The molecule has 4 rings (SSSR count). The zero-order valence-corrected chi connectivity index (χ0v) is 18.3. The molecule has 0 spiro atoms. The molecule has 4 atom stereocenters. The summed E-state index contributed by atoms with van der Waals surface area (Å²) >= 11 is 1.53. The highest BCUT2D eigenvalue weighted by Crippen LogP contribution is 2.38. The van der Waals surface area contributed by atoms with E-state index >= 15 is 0 Å². The van der Waals surface area contributed by atoms with E-state index in [2.05, 4.69) is 5.32 Å². The lowest BCUT2D eigenvalue weighted by molar-refractivity contribution is -0.152. The van der Waals surface area contributed by atoms with Gasteiger partial charge in [0.05, 0.1) is 12.1 Å². The van der Waals surface area contributed by atoms with Crippen LogP contribution in [0.5, 0.6) is 0 Å². The number of aliphatic carboxylic acids is 2. The van der Waals surface area contributed by atoms with Crippen LogP contribution in [0.4, 0.5) is 0 Å². The van der Waals surface area contributed by atoms with Crippen molar-refractivity contribution in [1.82, 2.24) is 10.2 Å². The van der Waals surface area contributed by atoms with E-state index in [-0.39, 0.29) is 11.9 Å². The van der Waals surface area contributed by atoms with E-state index in [9.17, 15) is 24.6 Å². The Labute approximate surface area is 190 Å². The zero-order chi connectivity index (χ0) is 22.7. The number of carbonyl (C=O) groups is 3. The number of benzene rings is 2. The Bertz CT molecular complexity index is 999. The minimum Gasteiger partial charge on any atom is -0.480 e. The molecule has 0 radical (unpaired) electrons. The van der Waals surface area contributed by atoms with Gasteiger partial charge in [-0.1, -0.05) is 54.6 Å². The monoisotopic (exact) mass is 454 g/mol. The number of amides is 1. The highest BCUT2D eigenvalue weighted by Gasteiger charge is 2.45. The quantitative estimate of drug-likeness (QED) is 0.590. The molecule has 1 fully saturated rings. The van der Waals surface area contributed by atoms with Crippen molar-refractivity contribution in [3.8, 4) is 0 Å². The second-order valence-corrected chi connectivity index (χ2v) is 9.27. The Hall–Kier alpha value is -2.84. The number of thioether (sulfide) groups is 1. The molecule has 8 heteroatoms. The minimum atomic E-state index is -1.03. The maximum Gasteiger partial charge on any atom is 0.327 e. The molecule has 32 heavy (non-hydrogen) atoms. The van der Waals surface area contributed by atoms with Gasteiger partial charge in [-0.15, -0.1) is 0 Å². The van der Waals surface area contributed by atoms with E-state index in [0.29, 0.717) is 30.8 Å². The van der Waals surface area contributed by atoms with Crippen LogP contribution < -0.4 is 5.32 Å². The Kier molecular flexibility index (Phi) is 6.81. The van der Waals surface area contributed by atoms with Gasteiger partial charge in [-0.3, -0.25) is 14.9 Å². The highest BCUT2D eigenvalue weighted by atomic mass is 32.2. The van der Waals surface area contributed by atoms with Gasteiger partial charge in [0.2, 0.25) is 5.91 Å². The summed E-state index contributed by atoms with van der Waals surface area (Å²) in [5, 5.41) is 22.7. The van der Waals surface area contributed by atoms with Crippen molar-refractivity contribution in [3.05, 3.63) is 71.3 Å². The van der Waals surface area contributed by atoms with Crippen LogP contribution in [0.25, 0.3) is 0 Å². The van der Waals surface area contributed by atoms with Crippen molar-refractivity contribution in [2.24, 2.45) is 0 Å². The lowest BCUT2D eigenvalue weighted by atomic mass is 9.97. The van der Waals surface area contributed by atoms with Crippen molar-refractivity contribution < 1.29 is 24.6 Å². The van der Waals surface area contributed by atoms with Crippen LogP contribution in [-0.2, 0) is 27.2 Å². The molecule has 2 aromatic carbocycles. The lowest BCUT2D eigenvalue weighted by Crippen LogP contribution is -2.58. The summed E-state index contributed by atoms with van der Waals surface area (Å²) in [5.41, 5.74) is 2.92. The van der Waals surface area contributed by atoms with Gasteiger partial charge in [0.1, 0.15) is 12.1 Å². The Balaban J connectivity index is 1.61. The molecule has 3 N–H and O–H groups in total. The Morgan fingerprint density at radius 1 is 1.06 bits per heavy atom. The van der Waals surface area contributed by atoms with Crippen molar-refractivity contribution in [3.63, 3.8) is 0 Å². The summed E-state index contributed by atoms with van der Waals surface area (Å²) in [5.74, 6) is -1.46. The number of nitrogens with one attached hydrogen (secondary N) is 1. The average molecular weight is 455 g/mol. The first kappa shape index (κ1) is 22.4. The van der Waals surface area contributed by atoms with Crippen LogP contribution >= 0.6 is 11.8 Å². The fourth-order valence-electron chi connectivity index (χ4n) is 4.55. The molecular weight excluding hydrogens is 428 g/mol. The Morgan fingerprint density at radius 3 is 2.50 bits per heavy atom. The lowest BCUT2D eigenvalue weighted by Gasteiger charge is -2.40. The second-order valence-electron chi connectivity index (χ2n) is 8.19. The minimum absolute atomic E-state index is 0.322. The average Bonchev–Trinajstić information content (AvgIpc) is 2.92. The normalized spacial score (nSPS) is 23.6. The fourth-order valence-corrected chi connectivity index (χ4v) is 5.77. The third-order valence-corrected chi connectivity index (χ3v) is 7.27. The topological polar surface area (TPSA) is 107 Å². The van der Waals surface area contributed by atoms with Gasteiger partial charge < -0.3 is 15.1 Å². The molecule has 1 amide bonds. The molecule has 2 aliphatic rings. The molecular formula is C24H26N2O5S. The van der Waals surface area contributed by atoms with Crippen molar-refractivity contribution in [2.75, 3.05) is 11.5 Å². The van der Waals surface area contributed by atoms with Gasteiger partial charge in [-0.05, 0) is 36.0 Å². The summed E-state index contributed by atoms with van der Waals surface area (Å²) in [6, 6.07) is 14.3. The highest BCUT2D eigenvalue weighted by molar-refractivity contribution is 7.99. The predicted octanol–water partition coefficient (Wildman–Crippen LogP) is 2.36. The van der Waals surface area contributed by atoms with Gasteiger partial charge in [-0.25, -0.2) is 4.79 Å². The molecule has 0 saturated carbocycles. The van der Waals surface area contributed by atoms with Gasteiger partial charge in [0.15, 0.2) is 0 Å². The maximum absolute atomic E-state index is 13.6. The van der Waals surface area contributed by atoms with Gasteiger partial charge >= 0.3 is 11.9 Å². The fraction of sp³-hybridized carbons (Fsp3) is 0.375. The number of nitrogens with zero attached hydrogens (tertiary/aromatic N) is 1. The number of carbonyl (C=O) groups excluding carboxylic acids is 1. The molecule has 7 nitrogen and oxygen atoms in total. The zero-order valence-electron chi connectivity index (χ0n) is 17.5. The summed E-state index contributed by atoms with van der Waals surface area (Å²) < 4.78 is 0. The van der Waals surface area contributed by atoms with E-state index < -0.39 is 30.1 Å². The van der Waals surface area contributed by atoms with E-state index in [1.165, 1.54) is 16.7 Å². The Morgan fingerprint density at radius 2 is 1.78 bits per heavy atom. The second kappa shape index (κ2) is 9.75.